The van der Waals surface area contributed by atoms with E-state index in [-0.39, 0.29) is 23.0 Å². The molecule has 1 aliphatic rings. The van der Waals surface area contributed by atoms with E-state index in [1.54, 1.807) is 6.07 Å². The maximum absolute atomic E-state index is 12.2. The van der Waals surface area contributed by atoms with Crippen LogP contribution in [0.4, 0.5) is 11.4 Å². The second-order valence-electron chi connectivity index (χ2n) is 5.84. The van der Waals surface area contributed by atoms with Crippen molar-refractivity contribution in [1.29, 1.82) is 0 Å². The number of aryl methyl sites for hydroxylation is 1. The van der Waals surface area contributed by atoms with Gasteiger partial charge in [-0.1, -0.05) is 18.2 Å². The molecular weight excluding hydrogens is 358 g/mol. The van der Waals surface area contributed by atoms with Crippen molar-refractivity contribution in [2.45, 2.75) is 37.4 Å². The molecule has 0 aliphatic carbocycles. The number of benzene rings is 1. The molecule has 1 aromatic carbocycles. The Balaban J connectivity index is 1.65. The molecule has 0 fully saturated rings. The molecule has 10 heteroatoms. The number of amides is 1. The normalized spacial score (nSPS) is 13.6. The number of carbonyl (C=O) groups excluding carboxylic acids is 1. The lowest BCUT2D eigenvalue weighted by molar-refractivity contribution is -0.384. The summed E-state index contributed by atoms with van der Waals surface area (Å²) in [5, 5.41) is 22.8. The van der Waals surface area contributed by atoms with Crippen molar-refractivity contribution in [3.05, 3.63) is 34.1 Å². The number of nitrogens with one attached hydrogen (secondary N) is 1. The third kappa shape index (κ3) is 4.13. The van der Waals surface area contributed by atoms with E-state index in [0.717, 1.165) is 38.1 Å². The third-order valence-corrected chi connectivity index (χ3v) is 5.05. The maximum Gasteiger partial charge on any atom is 0.296 e. The average Bonchev–Trinajstić information content (AvgIpc) is 2.86. The predicted octanol–water partition coefficient (Wildman–Crippen LogP) is 2.65. The van der Waals surface area contributed by atoms with Crippen LogP contribution in [0.1, 0.15) is 25.1 Å². The number of methoxy groups -OCH3 is 1. The standard InChI is InChI=1S/C16H19N5O4S/c1-25-11-6-7-12(13(9-11)21(23)24)17-15(22)10-26-16-19-18-14-5-3-2-4-8-20(14)16/h6-7,9H,2-5,8,10H2,1H3,(H,17,22). The Morgan fingerprint density at radius 2 is 2.23 bits per heavy atom. The van der Waals surface area contributed by atoms with Gasteiger partial charge in [0.15, 0.2) is 5.16 Å². The van der Waals surface area contributed by atoms with Crippen LogP contribution in [0.2, 0.25) is 0 Å². The SMILES string of the molecule is COc1ccc(NC(=O)CSc2nnc3n2CCCCC3)c([N+](=O)[O-])c1. The van der Waals surface area contributed by atoms with Crippen molar-refractivity contribution in [3.8, 4) is 5.75 Å². The summed E-state index contributed by atoms with van der Waals surface area (Å²) in [7, 11) is 1.43. The highest BCUT2D eigenvalue weighted by atomic mass is 32.2. The molecule has 3 rings (SSSR count). The van der Waals surface area contributed by atoms with E-state index in [9.17, 15) is 14.9 Å². The molecule has 26 heavy (non-hydrogen) atoms. The summed E-state index contributed by atoms with van der Waals surface area (Å²) in [5.41, 5.74) is -0.0690. The number of hydrogen-bond donors (Lipinski definition) is 1. The molecule has 0 bridgehead atoms. The topological polar surface area (TPSA) is 112 Å². The summed E-state index contributed by atoms with van der Waals surface area (Å²) in [5.74, 6) is 1.07. The number of hydrogen-bond acceptors (Lipinski definition) is 7. The molecule has 0 saturated carbocycles. The van der Waals surface area contributed by atoms with Crippen molar-refractivity contribution < 1.29 is 14.5 Å². The van der Waals surface area contributed by atoms with Gasteiger partial charge in [0, 0.05) is 13.0 Å². The van der Waals surface area contributed by atoms with E-state index in [1.807, 2.05) is 0 Å². The summed E-state index contributed by atoms with van der Waals surface area (Å²) in [6, 6.07) is 4.30. The van der Waals surface area contributed by atoms with E-state index >= 15 is 0 Å². The molecule has 0 saturated heterocycles. The first kappa shape index (κ1) is 18.2. The highest BCUT2D eigenvalue weighted by Gasteiger charge is 2.19. The van der Waals surface area contributed by atoms with Gasteiger partial charge in [-0.15, -0.1) is 10.2 Å². The van der Waals surface area contributed by atoms with E-state index in [2.05, 4.69) is 20.1 Å². The third-order valence-electron chi connectivity index (χ3n) is 4.08. The number of aromatic nitrogens is 3. The van der Waals surface area contributed by atoms with Crippen molar-refractivity contribution in [2.75, 3.05) is 18.2 Å². The average molecular weight is 377 g/mol. The number of fused-ring (bicyclic) bond motifs is 1. The molecule has 9 nitrogen and oxygen atoms in total. The maximum atomic E-state index is 12.2. The van der Waals surface area contributed by atoms with Crippen LogP contribution in [0.15, 0.2) is 23.4 Å². The smallest absolute Gasteiger partial charge is 0.296 e. The van der Waals surface area contributed by atoms with Gasteiger partial charge < -0.3 is 14.6 Å². The van der Waals surface area contributed by atoms with Crippen molar-refractivity contribution in [1.82, 2.24) is 14.8 Å². The van der Waals surface area contributed by atoms with Crippen LogP contribution in [0.5, 0.6) is 5.75 Å². The summed E-state index contributed by atoms with van der Waals surface area (Å²) in [6.45, 7) is 0.857. The van der Waals surface area contributed by atoms with Gasteiger partial charge in [0.2, 0.25) is 5.91 Å². The Bertz CT molecular complexity index is 823. The highest BCUT2D eigenvalue weighted by molar-refractivity contribution is 7.99. The summed E-state index contributed by atoms with van der Waals surface area (Å²) in [4.78, 5) is 22.9. The summed E-state index contributed by atoms with van der Waals surface area (Å²) in [6.07, 6.45) is 4.24. The predicted molar refractivity (Wildman–Crippen MR) is 96.6 cm³/mol. The summed E-state index contributed by atoms with van der Waals surface area (Å²) >= 11 is 1.28. The lowest BCUT2D eigenvalue weighted by Gasteiger charge is -2.08. The van der Waals surface area contributed by atoms with Gasteiger partial charge in [0.05, 0.1) is 23.9 Å². The Morgan fingerprint density at radius 3 is 3.00 bits per heavy atom. The van der Waals surface area contributed by atoms with Crippen molar-refractivity contribution in [3.63, 3.8) is 0 Å². The minimum atomic E-state index is -0.552. The summed E-state index contributed by atoms with van der Waals surface area (Å²) < 4.78 is 7.04. The Labute approximate surface area is 154 Å². The van der Waals surface area contributed by atoms with Gasteiger partial charge >= 0.3 is 0 Å². The van der Waals surface area contributed by atoms with Crippen molar-refractivity contribution in [2.24, 2.45) is 0 Å². The van der Waals surface area contributed by atoms with Crippen LogP contribution < -0.4 is 10.1 Å². The Hall–Kier alpha value is -2.62. The fraction of sp³-hybridized carbons (Fsp3) is 0.438. The van der Waals surface area contributed by atoms with E-state index in [1.165, 1.54) is 31.0 Å². The zero-order valence-corrected chi connectivity index (χ0v) is 15.1. The Morgan fingerprint density at radius 1 is 1.38 bits per heavy atom. The highest BCUT2D eigenvalue weighted by Crippen LogP contribution is 2.29. The quantitative estimate of drug-likeness (QED) is 0.468. The molecule has 1 aromatic heterocycles. The molecule has 0 unspecified atom stereocenters. The van der Waals surface area contributed by atoms with Gasteiger partial charge in [0.1, 0.15) is 17.3 Å². The molecule has 1 N–H and O–H groups in total. The first-order valence-corrected chi connectivity index (χ1v) is 9.24. The van der Waals surface area contributed by atoms with Crippen LogP contribution in [0.3, 0.4) is 0 Å². The van der Waals surface area contributed by atoms with E-state index < -0.39 is 4.92 Å². The van der Waals surface area contributed by atoms with E-state index in [0.29, 0.717) is 10.9 Å². The number of carbonyl (C=O) groups is 1. The number of anilines is 1. The minimum Gasteiger partial charge on any atom is -0.496 e. The molecule has 0 radical (unpaired) electrons. The van der Waals surface area contributed by atoms with Gasteiger partial charge in [-0.3, -0.25) is 14.9 Å². The zero-order chi connectivity index (χ0) is 18.5. The molecule has 1 amide bonds. The second kappa shape index (κ2) is 8.17. The van der Waals surface area contributed by atoms with Crippen LogP contribution in [-0.2, 0) is 17.8 Å². The molecule has 2 aromatic rings. The van der Waals surface area contributed by atoms with Gasteiger partial charge in [-0.2, -0.15) is 0 Å². The number of nitrogens with zero attached hydrogens (tertiary/aromatic N) is 4. The van der Waals surface area contributed by atoms with Gasteiger partial charge in [0.25, 0.3) is 5.69 Å². The molecule has 1 aliphatic heterocycles. The number of thioether (sulfide) groups is 1. The Kier molecular flexibility index (Phi) is 5.71. The number of nitro groups is 1. The number of ether oxygens (including phenoxy) is 1. The number of rotatable bonds is 6. The molecular formula is C16H19N5O4S. The number of nitro benzene ring substituents is 1. The van der Waals surface area contributed by atoms with Crippen LogP contribution in [0.25, 0.3) is 0 Å². The second-order valence-corrected chi connectivity index (χ2v) is 6.78. The molecule has 138 valence electrons. The monoisotopic (exact) mass is 377 g/mol. The molecule has 0 atom stereocenters. The fourth-order valence-electron chi connectivity index (χ4n) is 2.78. The lowest BCUT2D eigenvalue weighted by Crippen LogP contribution is -2.16. The van der Waals surface area contributed by atoms with E-state index in [4.69, 9.17) is 4.74 Å². The first-order chi connectivity index (χ1) is 12.6. The molecule has 2 heterocycles. The lowest BCUT2D eigenvalue weighted by atomic mass is 10.2. The van der Waals surface area contributed by atoms with Crippen LogP contribution >= 0.6 is 11.8 Å². The minimum absolute atomic E-state index is 0.0985. The van der Waals surface area contributed by atoms with Crippen LogP contribution in [-0.4, -0.2) is 38.5 Å². The van der Waals surface area contributed by atoms with Crippen LogP contribution in [0, 0.1) is 10.1 Å². The van der Waals surface area contributed by atoms with Crippen molar-refractivity contribution >= 4 is 29.0 Å². The largest absolute Gasteiger partial charge is 0.496 e. The first-order valence-electron chi connectivity index (χ1n) is 8.25. The molecule has 0 spiro atoms. The zero-order valence-electron chi connectivity index (χ0n) is 14.3. The fourth-order valence-corrected chi connectivity index (χ4v) is 3.56. The van der Waals surface area contributed by atoms with Gasteiger partial charge in [-0.25, -0.2) is 0 Å². The van der Waals surface area contributed by atoms with Gasteiger partial charge in [-0.05, 0) is 25.0 Å².